The molecule has 1 fully saturated rings. The monoisotopic (exact) mass is 395 g/mol. The van der Waals surface area contributed by atoms with Crippen LogP contribution in [0.2, 0.25) is 0 Å². The molecule has 1 amide bonds. The number of nitrogens with one attached hydrogen (secondary N) is 2. The van der Waals surface area contributed by atoms with Crippen molar-refractivity contribution in [2.24, 2.45) is 0 Å². The van der Waals surface area contributed by atoms with Gasteiger partial charge in [0.05, 0.1) is 23.1 Å². The second-order valence-electron chi connectivity index (χ2n) is 8.45. The second kappa shape index (κ2) is 5.86. The number of carbonyl (C=O) groups excluding carboxylic acids is 1. The zero-order valence-electron chi connectivity index (χ0n) is 16.5. The Labute approximate surface area is 172 Å². The van der Waals surface area contributed by atoms with Crippen molar-refractivity contribution in [2.45, 2.75) is 32.0 Å². The highest BCUT2D eigenvalue weighted by Gasteiger charge is 2.38. The lowest BCUT2D eigenvalue weighted by Gasteiger charge is -2.30. The minimum Gasteiger partial charge on any atom is -0.358 e. The summed E-state index contributed by atoms with van der Waals surface area (Å²) in [5.41, 5.74) is 6.22. The van der Waals surface area contributed by atoms with Gasteiger partial charge in [-0.1, -0.05) is 36.4 Å². The average Bonchev–Trinajstić information content (AvgIpc) is 3.45. The van der Waals surface area contributed by atoms with E-state index in [1.807, 2.05) is 23.1 Å². The van der Waals surface area contributed by atoms with Crippen molar-refractivity contribution in [3.8, 4) is 0 Å². The number of benzene rings is 3. The Morgan fingerprint density at radius 1 is 0.867 bits per heavy atom. The molecule has 0 aliphatic carbocycles. The number of nitrogens with zero attached hydrogens (tertiary/aromatic N) is 1. The summed E-state index contributed by atoms with van der Waals surface area (Å²) in [5.74, 6) is 0.0961. The predicted molar refractivity (Wildman–Crippen MR) is 119 cm³/mol. The lowest BCUT2D eigenvalue weighted by molar-refractivity contribution is -0.0705. The molecular formula is C25H21N3O2. The molecule has 0 radical (unpaired) electrons. The number of fused-ring (bicyclic) bond motifs is 10. The third-order valence-electron chi connectivity index (χ3n) is 6.82. The van der Waals surface area contributed by atoms with Crippen molar-refractivity contribution < 1.29 is 9.53 Å². The van der Waals surface area contributed by atoms with E-state index in [0.717, 1.165) is 75.2 Å². The average molecular weight is 395 g/mol. The van der Waals surface area contributed by atoms with Gasteiger partial charge in [0, 0.05) is 39.2 Å². The van der Waals surface area contributed by atoms with Crippen LogP contribution in [0.4, 0.5) is 0 Å². The Morgan fingerprint density at radius 2 is 1.53 bits per heavy atom. The molecule has 0 spiro atoms. The summed E-state index contributed by atoms with van der Waals surface area (Å²) >= 11 is 0. The molecule has 2 N–H and O–H groups in total. The largest absolute Gasteiger partial charge is 0.358 e. The van der Waals surface area contributed by atoms with Crippen molar-refractivity contribution in [1.82, 2.24) is 14.9 Å². The van der Waals surface area contributed by atoms with E-state index in [-0.39, 0.29) is 12.1 Å². The van der Waals surface area contributed by atoms with E-state index >= 15 is 0 Å². The maximum atomic E-state index is 13.8. The van der Waals surface area contributed by atoms with Gasteiger partial charge in [0.2, 0.25) is 0 Å². The number of hydrogen-bond donors (Lipinski definition) is 2. The summed E-state index contributed by atoms with van der Waals surface area (Å²) in [6.45, 7) is 1.34. The van der Waals surface area contributed by atoms with E-state index in [2.05, 4.69) is 40.3 Å². The molecule has 0 saturated carbocycles. The van der Waals surface area contributed by atoms with Crippen LogP contribution in [-0.2, 0) is 11.3 Å². The maximum absolute atomic E-state index is 13.8. The first kappa shape index (κ1) is 16.5. The third kappa shape index (κ3) is 2.03. The lowest BCUT2D eigenvalue weighted by Crippen LogP contribution is -2.39. The Bertz CT molecular complexity index is 1490. The second-order valence-corrected chi connectivity index (χ2v) is 8.45. The Morgan fingerprint density at radius 3 is 2.23 bits per heavy atom. The van der Waals surface area contributed by atoms with Crippen molar-refractivity contribution >= 4 is 49.5 Å². The number of H-pyrrole nitrogens is 2. The van der Waals surface area contributed by atoms with Crippen LogP contribution in [0.3, 0.4) is 0 Å². The molecule has 1 atom stereocenters. The summed E-state index contributed by atoms with van der Waals surface area (Å²) < 4.78 is 6.02. The zero-order valence-corrected chi connectivity index (χ0v) is 16.5. The number of aromatic amines is 2. The Balaban J connectivity index is 1.62. The van der Waals surface area contributed by atoms with Crippen molar-refractivity contribution in [1.29, 1.82) is 0 Å². The number of amides is 1. The van der Waals surface area contributed by atoms with Gasteiger partial charge in [-0.15, -0.1) is 0 Å². The molecule has 2 aliphatic heterocycles. The highest BCUT2D eigenvalue weighted by atomic mass is 16.5. The van der Waals surface area contributed by atoms with Crippen molar-refractivity contribution in [3.63, 3.8) is 0 Å². The molecule has 148 valence electrons. The predicted octanol–water partition coefficient (Wildman–Crippen LogP) is 5.44. The van der Waals surface area contributed by atoms with Crippen molar-refractivity contribution in [3.05, 3.63) is 59.7 Å². The number of para-hydroxylation sites is 2. The van der Waals surface area contributed by atoms with E-state index in [4.69, 9.17) is 4.74 Å². The molecule has 2 aromatic heterocycles. The molecule has 3 aromatic carbocycles. The topological polar surface area (TPSA) is 61.1 Å². The van der Waals surface area contributed by atoms with Gasteiger partial charge in [0.25, 0.3) is 5.91 Å². The number of hydrogen-bond acceptors (Lipinski definition) is 2. The molecule has 7 rings (SSSR count). The Hall–Kier alpha value is -3.31. The van der Waals surface area contributed by atoms with Gasteiger partial charge in [-0.25, -0.2) is 0 Å². The van der Waals surface area contributed by atoms with Crippen LogP contribution in [-0.4, -0.2) is 33.6 Å². The number of carbonyl (C=O) groups is 1. The first-order valence-corrected chi connectivity index (χ1v) is 10.7. The normalized spacial score (nSPS) is 19.5. The summed E-state index contributed by atoms with van der Waals surface area (Å²) in [7, 11) is 0. The lowest BCUT2D eigenvalue weighted by atomic mass is 9.97. The van der Waals surface area contributed by atoms with Crippen LogP contribution in [0.1, 0.15) is 35.2 Å². The van der Waals surface area contributed by atoms with E-state index < -0.39 is 0 Å². The zero-order chi connectivity index (χ0) is 19.8. The quantitative estimate of drug-likeness (QED) is 0.397. The minimum absolute atomic E-state index is 0.0961. The molecule has 1 saturated heterocycles. The van der Waals surface area contributed by atoms with E-state index in [9.17, 15) is 4.79 Å². The number of ether oxygens (including phenoxy) is 1. The van der Waals surface area contributed by atoms with Crippen molar-refractivity contribution in [2.75, 3.05) is 6.61 Å². The number of aromatic nitrogens is 2. The first-order chi connectivity index (χ1) is 14.8. The smallest absolute Gasteiger partial charge is 0.257 e. The third-order valence-corrected chi connectivity index (χ3v) is 6.82. The number of rotatable bonds is 1. The maximum Gasteiger partial charge on any atom is 0.257 e. The highest BCUT2D eigenvalue weighted by Crippen LogP contribution is 2.44. The standard InChI is InChI=1S/C25H21N3O2/c29-25-22-16(13-28(25)19-11-5-6-12-30-19)20-14-7-1-3-9-17(14)26-23(20)24-21(22)15-8-2-4-10-18(15)27-24/h1-4,7-10,19,26-27H,5-6,11-13H2. The fraction of sp³-hybridized carbons (Fsp3) is 0.240. The van der Waals surface area contributed by atoms with Crippen LogP contribution in [0.15, 0.2) is 48.5 Å². The van der Waals surface area contributed by atoms with Crippen LogP contribution >= 0.6 is 0 Å². The molecule has 1 unspecified atom stereocenters. The molecule has 30 heavy (non-hydrogen) atoms. The molecule has 2 aliphatic rings. The molecule has 5 nitrogen and oxygen atoms in total. The van der Waals surface area contributed by atoms with E-state index in [1.54, 1.807) is 0 Å². The van der Waals surface area contributed by atoms with Gasteiger partial charge in [-0.3, -0.25) is 4.79 Å². The summed E-state index contributed by atoms with van der Waals surface area (Å²) in [6, 6.07) is 16.6. The van der Waals surface area contributed by atoms with E-state index in [1.165, 1.54) is 5.39 Å². The van der Waals surface area contributed by atoms with Gasteiger partial charge in [0.1, 0.15) is 6.23 Å². The van der Waals surface area contributed by atoms with Crippen LogP contribution in [0.25, 0.3) is 43.6 Å². The molecular weight excluding hydrogens is 374 g/mol. The fourth-order valence-electron chi connectivity index (χ4n) is 5.49. The highest BCUT2D eigenvalue weighted by molar-refractivity contribution is 6.30. The molecule has 4 heterocycles. The van der Waals surface area contributed by atoms with Gasteiger partial charge < -0.3 is 19.6 Å². The summed E-state index contributed by atoms with van der Waals surface area (Å²) in [4.78, 5) is 22.9. The fourth-order valence-corrected chi connectivity index (χ4v) is 5.49. The molecule has 5 heteroatoms. The van der Waals surface area contributed by atoms with Crippen LogP contribution in [0.5, 0.6) is 0 Å². The molecule has 0 bridgehead atoms. The SMILES string of the molecule is O=C1c2c(c3c4ccccc4[nH]c3c3[nH]c4ccccc4c23)CN1C1CCCCO1. The van der Waals surface area contributed by atoms with Gasteiger partial charge in [-0.05, 0) is 37.0 Å². The van der Waals surface area contributed by atoms with Crippen LogP contribution in [0, 0.1) is 0 Å². The molecule has 5 aromatic rings. The van der Waals surface area contributed by atoms with Gasteiger partial charge in [0.15, 0.2) is 0 Å². The minimum atomic E-state index is -0.126. The summed E-state index contributed by atoms with van der Waals surface area (Å²) in [6.07, 6.45) is 2.97. The van der Waals surface area contributed by atoms with E-state index in [0.29, 0.717) is 6.54 Å². The van der Waals surface area contributed by atoms with Gasteiger partial charge >= 0.3 is 0 Å². The van der Waals surface area contributed by atoms with Crippen LogP contribution < -0.4 is 0 Å². The Kier molecular flexibility index (Phi) is 3.22. The van der Waals surface area contributed by atoms with Gasteiger partial charge in [-0.2, -0.15) is 0 Å². The first-order valence-electron chi connectivity index (χ1n) is 10.7. The summed E-state index contributed by atoms with van der Waals surface area (Å²) in [5, 5.41) is 4.46.